The second-order valence-electron chi connectivity index (χ2n) is 3.44. The van der Waals surface area contributed by atoms with Gasteiger partial charge in [-0.1, -0.05) is 6.92 Å². The van der Waals surface area contributed by atoms with Gasteiger partial charge in [0.15, 0.2) is 0 Å². The first-order valence-corrected chi connectivity index (χ1v) is 4.35. The Kier molecular flexibility index (Phi) is 6.29. The number of methoxy groups -OCH3 is 1. The summed E-state index contributed by atoms with van der Waals surface area (Å²) in [5.74, 6) is 0.601. The van der Waals surface area contributed by atoms with Crippen LogP contribution in [0.15, 0.2) is 18.2 Å². The van der Waals surface area contributed by atoms with Crippen molar-refractivity contribution in [1.82, 2.24) is 0 Å². The van der Waals surface area contributed by atoms with Gasteiger partial charge in [-0.2, -0.15) is 29.8 Å². The van der Waals surface area contributed by atoms with Crippen molar-refractivity contribution in [3.8, 4) is 0 Å². The predicted molar refractivity (Wildman–Crippen MR) is 53.7 cm³/mol. The van der Waals surface area contributed by atoms with Gasteiger partial charge in [0, 0.05) is 13.2 Å². The summed E-state index contributed by atoms with van der Waals surface area (Å²) in [4.78, 5) is 0. The van der Waals surface area contributed by atoms with Crippen LogP contribution in [-0.4, -0.2) is 30.2 Å². The van der Waals surface area contributed by atoms with Gasteiger partial charge in [-0.15, -0.1) is 5.56 Å². The van der Waals surface area contributed by atoms with Crippen molar-refractivity contribution >= 4 is 23.1 Å². The summed E-state index contributed by atoms with van der Waals surface area (Å²) in [7, 11) is 1.78. The van der Waals surface area contributed by atoms with Crippen molar-refractivity contribution in [3.63, 3.8) is 0 Å². The number of rotatable bonds is 1. The van der Waals surface area contributed by atoms with Crippen molar-refractivity contribution in [3.05, 3.63) is 35.4 Å². The summed E-state index contributed by atoms with van der Waals surface area (Å²) in [6.45, 7) is 2.22. The summed E-state index contributed by atoms with van der Waals surface area (Å²) in [5.41, 5.74) is 2.66. The zero-order chi connectivity index (χ0) is 8.55. The molecule has 2 unspecified atom stereocenters. The van der Waals surface area contributed by atoms with Crippen molar-refractivity contribution in [1.29, 1.82) is 0 Å². The molecule has 2 atom stereocenters. The van der Waals surface area contributed by atoms with Crippen LogP contribution in [0.2, 0.25) is 0 Å². The zero-order valence-electron chi connectivity index (χ0n) is 8.59. The molecule has 0 N–H and O–H groups in total. The normalized spacial score (nSPS) is 23.3. The van der Waals surface area contributed by atoms with Crippen molar-refractivity contribution in [2.45, 2.75) is 19.4 Å². The fourth-order valence-corrected chi connectivity index (χ4v) is 2.02. The fourth-order valence-electron chi connectivity index (χ4n) is 2.02. The predicted octanol–water partition coefficient (Wildman–Crippen LogP) is -1.01. The molecule has 1 nitrogen and oxygen atoms in total. The number of halogens is 1. The number of ether oxygens (including phenoxy) is 1. The summed E-state index contributed by atoms with van der Waals surface area (Å²) in [6.07, 6.45) is 1.40. The maximum Gasteiger partial charge on any atom is 2.00 e. The zero-order valence-corrected chi connectivity index (χ0v) is 11.6. The fraction of sp³-hybridized carbons (Fsp3) is 0.455. The van der Waals surface area contributed by atoms with Gasteiger partial charge in [-0.05, 0) is 12.3 Å². The first-order chi connectivity index (χ1) is 5.83. The molecule has 14 heavy (non-hydrogen) atoms. The monoisotopic (exact) mass is 264 g/mol. The van der Waals surface area contributed by atoms with E-state index in [9.17, 15) is 0 Å². The molecule has 0 bridgehead atoms. The smallest absolute Gasteiger partial charge is 1.00 e. The minimum Gasteiger partial charge on any atom is -1.00 e. The number of benzene rings is 1. The van der Waals surface area contributed by atoms with E-state index < -0.39 is 0 Å². The summed E-state index contributed by atoms with van der Waals surface area (Å²) in [6, 6.07) is 9.41. The van der Waals surface area contributed by atoms with Crippen molar-refractivity contribution in [2.24, 2.45) is 5.92 Å². The van der Waals surface area contributed by atoms with Gasteiger partial charge in [0.1, 0.15) is 0 Å². The average molecular weight is 265 g/mol. The van der Waals surface area contributed by atoms with Crippen molar-refractivity contribution in [2.75, 3.05) is 7.11 Å². The Morgan fingerprint density at radius 3 is 2.86 bits per heavy atom. The van der Waals surface area contributed by atoms with Crippen LogP contribution in [0, 0.1) is 12.0 Å². The van der Waals surface area contributed by atoms with E-state index in [4.69, 9.17) is 4.74 Å². The minimum absolute atomic E-state index is 0. The Morgan fingerprint density at radius 1 is 1.50 bits per heavy atom. The van der Waals surface area contributed by atoms with Gasteiger partial charge < -0.3 is 21.7 Å². The maximum atomic E-state index is 5.43. The Bertz CT molecular complexity index is 290. The molecule has 0 heterocycles. The summed E-state index contributed by atoms with van der Waals surface area (Å²) >= 11 is 0. The van der Waals surface area contributed by atoms with E-state index in [1.165, 1.54) is 11.1 Å². The van der Waals surface area contributed by atoms with E-state index in [1.807, 2.05) is 12.1 Å². The molecular weight excluding hydrogens is 252 g/mol. The molecule has 72 valence electrons. The molecule has 1 aliphatic carbocycles. The second-order valence-corrected chi connectivity index (χ2v) is 3.44. The van der Waals surface area contributed by atoms with Gasteiger partial charge in [0.25, 0.3) is 0 Å². The molecular formula is C11H13BrMgO. The third kappa shape index (κ3) is 2.51. The van der Waals surface area contributed by atoms with Crippen LogP contribution < -0.4 is 17.0 Å². The SMILES string of the molecule is COC1c2ccc[c-]c2CC1C.[Br-].[Mg+2]. The van der Waals surface area contributed by atoms with Crippen LogP contribution in [-0.2, 0) is 11.2 Å². The van der Waals surface area contributed by atoms with Crippen LogP contribution in [0.25, 0.3) is 0 Å². The van der Waals surface area contributed by atoms with E-state index in [0.717, 1.165) is 6.42 Å². The Balaban J connectivity index is 0.000000845. The van der Waals surface area contributed by atoms with E-state index in [-0.39, 0.29) is 46.1 Å². The van der Waals surface area contributed by atoms with Gasteiger partial charge in [-0.25, -0.2) is 0 Å². The number of hydrogen-bond donors (Lipinski definition) is 0. The molecule has 0 aromatic heterocycles. The average Bonchev–Trinajstić information content (AvgIpc) is 2.40. The first kappa shape index (κ1) is 14.4. The molecule has 2 rings (SSSR count). The van der Waals surface area contributed by atoms with Crippen LogP contribution in [0.3, 0.4) is 0 Å². The molecule has 0 saturated heterocycles. The minimum atomic E-state index is 0. The largest absolute Gasteiger partial charge is 2.00 e. The standard InChI is InChI=1S/C11H13O.BrH.Mg/c1-8-7-9-5-3-4-6-10(9)11(8)12-2;;/h3-4,6,8,11H,7H2,1-2H3;1H;/q-1;;+2/p-1. The van der Waals surface area contributed by atoms with Gasteiger partial charge >= 0.3 is 23.1 Å². The van der Waals surface area contributed by atoms with E-state index in [0.29, 0.717) is 5.92 Å². The van der Waals surface area contributed by atoms with Gasteiger partial charge in [-0.3, -0.25) is 0 Å². The van der Waals surface area contributed by atoms with Gasteiger partial charge in [0.05, 0.1) is 0 Å². The molecule has 1 aromatic carbocycles. The third-order valence-corrected chi connectivity index (χ3v) is 2.58. The van der Waals surface area contributed by atoms with Crippen LogP contribution in [0.5, 0.6) is 0 Å². The molecule has 0 radical (unpaired) electrons. The van der Waals surface area contributed by atoms with Crippen LogP contribution in [0.4, 0.5) is 0 Å². The quantitative estimate of drug-likeness (QED) is 0.467. The molecule has 0 saturated carbocycles. The van der Waals surface area contributed by atoms with E-state index in [1.54, 1.807) is 7.11 Å². The first-order valence-electron chi connectivity index (χ1n) is 4.35. The molecule has 0 fully saturated rings. The topological polar surface area (TPSA) is 9.23 Å². The summed E-state index contributed by atoms with van der Waals surface area (Å²) in [5, 5.41) is 0. The van der Waals surface area contributed by atoms with E-state index in [2.05, 4.69) is 19.1 Å². The molecule has 0 spiro atoms. The number of hydrogen-bond acceptors (Lipinski definition) is 1. The number of fused-ring (bicyclic) bond motifs is 1. The van der Waals surface area contributed by atoms with Crippen LogP contribution in [0.1, 0.15) is 24.2 Å². The van der Waals surface area contributed by atoms with E-state index >= 15 is 0 Å². The molecule has 3 heteroatoms. The summed E-state index contributed by atoms with van der Waals surface area (Å²) < 4.78 is 5.43. The van der Waals surface area contributed by atoms with Gasteiger partial charge in [0.2, 0.25) is 0 Å². The third-order valence-electron chi connectivity index (χ3n) is 2.58. The maximum absolute atomic E-state index is 5.43. The Labute approximate surface area is 112 Å². The van der Waals surface area contributed by atoms with Crippen molar-refractivity contribution < 1.29 is 21.7 Å². The molecule has 0 aliphatic heterocycles. The Hall–Kier alpha value is 0.426. The molecule has 1 aromatic rings. The Morgan fingerprint density at radius 2 is 2.21 bits per heavy atom. The molecule has 1 aliphatic rings. The van der Waals surface area contributed by atoms with Crippen LogP contribution >= 0.6 is 0 Å². The second kappa shape index (κ2) is 6.11. The molecule has 0 amide bonds.